The molecule has 1 fully saturated rings. The first kappa shape index (κ1) is 11.9. The second-order valence-electron chi connectivity index (χ2n) is 4.19. The molecular formula is C10H22N2O2. The number of ether oxygens (including phenoxy) is 1. The summed E-state index contributed by atoms with van der Waals surface area (Å²) in [5, 5.41) is 9.89. The van der Waals surface area contributed by atoms with E-state index in [2.05, 4.69) is 23.9 Å². The minimum absolute atomic E-state index is 0.197. The van der Waals surface area contributed by atoms with Gasteiger partial charge in [-0.05, 0) is 33.6 Å². The van der Waals surface area contributed by atoms with E-state index in [0.29, 0.717) is 6.61 Å². The number of likely N-dealkylation sites (N-methyl/N-ethyl adjacent to an activating group) is 2. The zero-order valence-electron chi connectivity index (χ0n) is 9.44. The second-order valence-corrected chi connectivity index (χ2v) is 4.19. The first-order valence-corrected chi connectivity index (χ1v) is 5.21. The van der Waals surface area contributed by atoms with Crippen LogP contribution in [0.15, 0.2) is 0 Å². The molecule has 4 nitrogen and oxygen atoms in total. The summed E-state index contributed by atoms with van der Waals surface area (Å²) in [5.41, 5.74) is 0. The predicted octanol–water partition coefficient (Wildman–Crippen LogP) is -0.370. The van der Waals surface area contributed by atoms with Gasteiger partial charge in [0.05, 0.1) is 18.8 Å². The molecule has 1 saturated heterocycles. The molecule has 0 amide bonds. The van der Waals surface area contributed by atoms with Gasteiger partial charge in [-0.3, -0.25) is 4.90 Å². The van der Waals surface area contributed by atoms with Crippen LogP contribution in [0.25, 0.3) is 0 Å². The van der Waals surface area contributed by atoms with Gasteiger partial charge < -0.3 is 14.7 Å². The van der Waals surface area contributed by atoms with E-state index in [4.69, 9.17) is 4.74 Å². The van der Waals surface area contributed by atoms with Crippen LogP contribution in [0.5, 0.6) is 0 Å². The number of rotatable bonds is 3. The molecule has 2 atom stereocenters. The molecule has 1 aliphatic rings. The fourth-order valence-corrected chi connectivity index (χ4v) is 2.00. The summed E-state index contributed by atoms with van der Waals surface area (Å²) in [7, 11) is 5.80. The van der Waals surface area contributed by atoms with Crippen molar-refractivity contribution in [3.8, 4) is 0 Å². The van der Waals surface area contributed by atoms with Crippen molar-refractivity contribution in [1.82, 2.24) is 9.80 Å². The number of nitrogens with zero attached hydrogens (tertiary/aromatic N) is 2. The molecule has 4 heteroatoms. The van der Waals surface area contributed by atoms with Crippen molar-refractivity contribution in [3.05, 3.63) is 0 Å². The van der Waals surface area contributed by atoms with E-state index in [9.17, 15) is 5.11 Å². The molecule has 0 radical (unpaired) electrons. The summed E-state index contributed by atoms with van der Waals surface area (Å²) < 4.78 is 4.99. The summed E-state index contributed by atoms with van der Waals surface area (Å²) >= 11 is 0. The van der Waals surface area contributed by atoms with Crippen molar-refractivity contribution < 1.29 is 9.84 Å². The number of methoxy groups -OCH3 is 1. The van der Waals surface area contributed by atoms with Crippen molar-refractivity contribution in [1.29, 1.82) is 0 Å². The van der Waals surface area contributed by atoms with Crippen LogP contribution in [0.1, 0.15) is 6.42 Å². The molecule has 1 rings (SSSR count). The SMILES string of the molecule is COCC(O)C1CN(C)CCCN1C. The Morgan fingerprint density at radius 3 is 2.79 bits per heavy atom. The summed E-state index contributed by atoms with van der Waals surface area (Å²) in [5.74, 6) is 0. The molecule has 0 aromatic rings. The van der Waals surface area contributed by atoms with Crippen molar-refractivity contribution in [2.75, 3.05) is 47.4 Å². The van der Waals surface area contributed by atoms with Crippen LogP contribution in [0.2, 0.25) is 0 Å². The van der Waals surface area contributed by atoms with E-state index in [1.165, 1.54) is 6.42 Å². The zero-order valence-corrected chi connectivity index (χ0v) is 9.44. The van der Waals surface area contributed by atoms with Gasteiger partial charge in [0, 0.05) is 13.7 Å². The van der Waals surface area contributed by atoms with Crippen molar-refractivity contribution in [3.63, 3.8) is 0 Å². The molecule has 0 aliphatic carbocycles. The zero-order chi connectivity index (χ0) is 10.6. The Hall–Kier alpha value is -0.160. The Kier molecular flexibility index (Phi) is 4.81. The van der Waals surface area contributed by atoms with Crippen molar-refractivity contribution >= 4 is 0 Å². The Bertz CT molecular complexity index is 166. The molecule has 14 heavy (non-hydrogen) atoms. The molecule has 0 bridgehead atoms. The maximum Gasteiger partial charge on any atom is 0.0940 e. The topological polar surface area (TPSA) is 35.9 Å². The van der Waals surface area contributed by atoms with Gasteiger partial charge in [0.2, 0.25) is 0 Å². The lowest BCUT2D eigenvalue weighted by Crippen LogP contribution is -2.47. The molecule has 1 aliphatic heterocycles. The average Bonchev–Trinajstić information content (AvgIpc) is 2.29. The van der Waals surface area contributed by atoms with Gasteiger partial charge in [-0.15, -0.1) is 0 Å². The molecule has 0 aromatic heterocycles. The summed E-state index contributed by atoms with van der Waals surface area (Å²) in [4.78, 5) is 4.50. The quantitative estimate of drug-likeness (QED) is 0.677. The highest BCUT2D eigenvalue weighted by atomic mass is 16.5. The van der Waals surface area contributed by atoms with Crippen molar-refractivity contribution in [2.45, 2.75) is 18.6 Å². The average molecular weight is 202 g/mol. The minimum Gasteiger partial charge on any atom is -0.389 e. The maximum absolute atomic E-state index is 9.89. The van der Waals surface area contributed by atoms with E-state index in [-0.39, 0.29) is 12.1 Å². The predicted molar refractivity (Wildman–Crippen MR) is 56.4 cm³/mol. The van der Waals surface area contributed by atoms with E-state index < -0.39 is 0 Å². The third-order valence-electron chi connectivity index (χ3n) is 2.90. The molecule has 0 aromatic carbocycles. The highest BCUT2D eigenvalue weighted by Crippen LogP contribution is 2.10. The van der Waals surface area contributed by atoms with Crippen LogP contribution < -0.4 is 0 Å². The minimum atomic E-state index is -0.384. The van der Waals surface area contributed by atoms with Crippen LogP contribution in [-0.4, -0.2) is 74.5 Å². The number of aliphatic hydroxyl groups is 1. The molecule has 2 unspecified atom stereocenters. The third-order valence-corrected chi connectivity index (χ3v) is 2.90. The highest BCUT2D eigenvalue weighted by molar-refractivity contribution is 4.82. The molecule has 1 heterocycles. The van der Waals surface area contributed by atoms with Gasteiger partial charge in [-0.1, -0.05) is 0 Å². The van der Waals surface area contributed by atoms with E-state index in [1.807, 2.05) is 0 Å². The van der Waals surface area contributed by atoms with E-state index in [1.54, 1.807) is 7.11 Å². The smallest absolute Gasteiger partial charge is 0.0940 e. The monoisotopic (exact) mass is 202 g/mol. The van der Waals surface area contributed by atoms with Gasteiger partial charge in [0.25, 0.3) is 0 Å². The van der Waals surface area contributed by atoms with Gasteiger partial charge in [-0.2, -0.15) is 0 Å². The Labute approximate surface area is 86.4 Å². The van der Waals surface area contributed by atoms with Crippen LogP contribution in [0.4, 0.5) is 0 Å². The molecular weight excluding hydrogens is 180 g/mol. The first-order chi connectivity index (χ1) is 6.65. The fraction of sp³-hybridized carbons (Fsp3) is 1.00. The van der Waals surface area contributed by atoms with E-state index >= 15 is 0 Å². The summed E-state index contributed by atoms with van der Waals surface area (Å²) in [6.45, 7) is 3.50. The summed E-state index contributed by atoms with van der Waals surface area (Å²) in [6.07, 6.45) is 0.786. The molecule has 0 saturated carbocycles. The molecule has 0 spiro atoms. The molecule has 1 N–H and O–H groups in total. The lowest BCUT2D eigenvalue weighted by Gasteiger charge is -2.31. The normalized spacial score (nSPS) is 28.7. The van der Waals surface area contributed by atoms with Crippen LogP contribution in [0.3, 0.4) is 0 Å². The van der Waals surface area contributed by atoms with Crippen molar-refractivity contribution in [2.24, 2.45) is 0 Å². The second kappa shape index (κ2) is 5.66. The van der Waals surface area contributed by atoms with Gasteiger partial charge >= 0.3 is 0 Å². The van der Waals surface area contributed by atoms with Gasteiger partial charge in [0.1, 0.15) is 0 Å². The fourth-order valence-electron chi connectivity index (χ4n) is 2.00. The Morgan fingerprint density at radius 2 is 2.14 bits per heavy atom. The summed E-state index contributed by atoms with van der Waals surface area (Å²) in [6, 6.07) is 0.197. The van der Waals surface area contributed by atoms with E-state index in [0.717, 1.165) is 19.6 Å². The largest absolute Gasteiger partial charge is 0.389 e. The van der Waals surface area contributed by atoms with Gasteiger partial charge in [0.15, 0.2) is 0 Å². The Morgan fingerprint density at radius 1 is 1.43 bits per heavy atom. The number of hydrogen-bond donors (Lipinski definition) is 1. The Balaban J connectivity index is 2.52. The highest BCUT2D eigenvalue weighted by Gasteiger charge is 2.26. The standard InChI is InChI=1S/C10H22N2O2/c1-11-5-4-6-12(2)9(7-11)10(13)8-14-3/h9-10,13H,4-8H2,1-3H3. The lowest BCUT2D eigenvalue weighted by molar-refractivity contribution is 0.00144. The van der Waals surface area contributed by atoms with Gasteiger partial charge in [-0.25, -0.2) is 0 Å². The first-order valence-electron chi connectivity index (χ1n) is 5.21. The maximum atomic E-state index is 9.89. The van der Waals surface area contributed by atoms with Crippen LogP contribution in [0, 0.1) is 0 Å². The number of hydrogen-bond acceptors (Lipinski definition) is 4. The third kappa shape index (κ3) is 3.20. The van der Waals surface area contributed by atoms with Crippen LogP contribution >= 0.6 is 0 Å². The molecule has 84 valence electrons. The lowest BCUT2D eigenvalue weighted by atomic mass is 10.1. The number of aliphatic hydroxyl groups excluding tert-OH is 1. The van der Waals surface area contributed by atoms with Crippen LogP contribution in [-0.2, 0) is 4.74 Å².